The van der Waals surface area contributed by atoms with Crippen molar-refractivity contribution in [2.45, 2.75) is 32.9 Å². The van der Waals surface area contributed by atoms with E-state index in [1.165, 1.54) is 6.07 Å². The first-order valence-electron chi connectivity index (χ1n) is 6.54. The number of amides is 1. The second-order valence-corrected chi connectivity index (χ2v) is 4.94. The van der Waals surface area contributed by atoms with E-state index < -0.39 is 17.9 Å². The fraction of sp³-hybridized carbons (Fsp3) is 0.429. The van der Waals surface area contributed by atoms with Gasteiger partial charge in [0.15, 0.2) is 6.04 Å². The average Bonchev–Trinajstić information content (AvgIpc) is 2.40. The molecule has 0 heterocycles. The summed E-state index contributed by atoms with van der Waals surface area (Å²) in [5.74, 6) is -0.928. The van der Waals surface area contributed by atoms with Crippen LogP contribution < -0.4 is 15.8 Å². The van der Waals surface area contributed by atoms with Crippen LogP contribution in [0.1, 0.15) is 20.8 Å². The standard InChI is InChI=1S/C14H19ClN2O4/c1-4-20-14(19)12(16)13(18)17-9-5-6-11(10(15)7-9)21-8(2)3/h5-8,12H,4,16H2,1-3H3,(H,17,18). The van der Waals surface area contributed by atoms with Gasteiger partial charge in [0.1, 0.15) is 5.75 Å². The van der Waals surface area contributed by atoms with Crippen LogP contribution in [-0.4, -0.2) is 30.6 Å². The molecule has 0 fully saturated rings. The van der Waals surface area contributed by atoms with Crippen LogP contribution in [0.5, 0.6) is 5.75 Å². The molecular formula is C14H19ClN2O4. The molecule has 1 unspecified atom stereocenters. The van der Waals surface area contributed by atoms with Gasteiger partial charge in [0.05, 0.1) is 17.7 Å². The molecule has 116 valence electrons. The Labute approximate surface area is 128 Å². The second-order valence-electron chi connectivity index (χ2n) is 4.53. The summed E-state index contributed by atoms with van der Waals surface area (Å²) >= 11 is 6.05. The van der Waals surface area contributed by atoms with Crippen molar-refractivity contribution in [3.63, 3.8) is 0 Å². The van der Waals surface area contributed by atoms with Crippen molar-refractivity contribution in [3.8, 4) is 5.75 Å². The molecule has 0 aliphatic heterocycles. The summed E-state index contributed by atoms with van der Waals surface area (Å²) in [6, 6.07) is 3.39. The highest BCUT2D eigenvalue weighted by Gasteiger charge is 2.23. The van der Waals surface area contributed by atoms with Crippen molar-refractivity contribution in [3.05, 3.63) is 23.2 Å². The van der Waals surface area contributed by atoms with Crippen LogP contribution in [-0.2, 0) is 14.3 Å². The molecule has 1 amide bonds. The predicted octanol–water partition coefficient (Wildman–Crippen LogP) is 1.96. The minimum Gasteiger partial charge on any atom is -0.489 e. The molecule has 1 aromatic carbocycles. The van der Waals surface area contributed by atoms with E-state index in [0.29, 0.717) is 16.5 Å². The highest BCUT2D eigenvalue weighted by atomic mass is 35.5. The summed E-state index contributed by atoms with van der Waals surface area (Å²) in [5.41, 5.74) is 5.90. The van der Waals surface area contributed by atoms with E-state index in [1.807, 2.05) is 13.8 Å². The first kappa shape index (κ1) is 17.3. The number of hydrogen-bond donors (Lipinski definition) is 2. The van der Waals surface area contributed by atoms with Crippen molar-refractivity contribution in [1.82, 2.24) is 0 Å². The second kappa shape index (κ2) is 7.85. The molecule has 0 aliphatic carbocycles. The minimum absolute atomic E-state index is 0.0137. The molecule has 0 aliphatic rings. The number of esters is 1. The molecule has 1 rings (SSSR count). The van der Waals surface area contributed by atoms with E-state index in [4.69, 9.17) is 22.1 Å². The first-order valence-corrected chi connectivity index (χ1v) is 6.92. The Morgan fingerprint density at radius 3 is 2.57 bits per heavy atom. The molecule has 3 N–H and O–H groups in total. The molecule has 1 aromatic rings. The van der Waals surface area contributed by atoms with Crippen molar-refractivity contribution < 1.29 is 19.1 Å². The van der Waals surface area contributed by atoms with Crippen LogP contribution in [0.2, 0.25) is 5.02 Å². The third kappa shape index (κ3) is 5.24. The van der Waals surface area contributed by atoms with Gasteiger partial charge in [-0.15, -0.1) is 0 Å². The van der Waals surface area contributed by atoms with E-state index in [0.717, 1.165) is 0 Å². The van der Waals surface area contributed by atoms with E-state index in [1.54, 1.807) is 19.1 Å². The van der Waals surface area contributed by atoms with Gasteiger partial charge in [-0.05, 0) is 39.0 Å². The SMILES string of the molecule is CCOC(=O)C(N)C(=O)Nc1ccc(OC(C)C)c(Cl)c1. The molecule has 0 saturated carbocycles. The molecule has 0 spiro atoms. The van der Waals surface area contributed by atoms with E-state index in [2.05, 4.69) is 10.1 Å². The summed E-state index contributed by atoms with van der Waals surface area (Å²) in [4.78, 5) is 23.2. The van der Waals surface area contributed by atoms with Crippen LogP contribution in [0, 0.1) is 0 Å². The van der Waals surface area contributed by atoms with Crippen LogP contribution >= 0.6 is 11.6 Å². The number of nitrogens with one attached hydrogen (secondary N) is 1. The van der Waals surface area contributed by atoms with Crippen LogP contribution in [0.15, 0.2) is 18.2 Å². The zero-order valence-corrected chi connectivity index (χ0v) is 12.9. The molecule has 6 nitrogen and oxygen atoms in total. The maximum absolute atomic E-state index is 11.8. The average molecular weight is 315 g/mol. The molecule has 21 heavy (non-hydrogen) atoms. The fourth-order valence-electron chi connectivity index (χ4n) is 1.49. The van der Waals surface area contributed by atoms with Gasteiger partial charge in [-0.1, -0.05) is 11.6 Å². The maximum Gasteiger partial charge on any atom is 0.332 e. The Kier molecular flexibility index (Phi) is 6.45. The smallest absolute Gasteiger partial charge is 0.332 e. The highest BCUT2D eigenvalue weighted by molar-refractivity contribution is 6.32. The number of carbonyl (C=O) groups excluding carboxylic acids is 2. The normalized spacial score (nSPS) is 11.9. The molecule has 7 heteroatoms. The lowest BCUT2D eigenvalue weighted by molar-refractivity contribution is -0.146. The number of hydrogen-bond acceptors (Lipinski definition) is 5. The summed E-state index contributed by atoms with van der Waals surface area (Å²) in [6.07, 6.45) is -0.0137. The monoisotopic (exact) mass is 314 g/mol. The van der Waals surface area contributed by atoms with Gasteiger partial charge in [0.25, 0.3) is 5.91 Å². The summed E-state index contributed by atoms with van der Waals surface area (Å²) in [7, 11) is 0. The van der Waals surface area contributed by atoms with E-state index >= 15 is 0 Å². The molecule has 0 bridgehead atoms. The number of ether oxygens (including phenoxy) is 2. The Bertz CT molecular complexity index is 520. The van der Waals surface area contributed by atoms with Crippen molar-refractivity contribution in [1.29, 1.82) is 0 Å². The van der Waals surface area contributed by atoms with Crippen molar-refractivity contribution in [2.24, 2.45) is 5.73 Å². The first-order chi connectivity index (χ1) is 9.85. The van der Waals surface area contributed by atoms with Gasteiger partial charge >= 0.3 is 5.97 Å². The lowest BCUT2D eigenvalue weighted by Crippen LogP contribution is -2.43. The Hall–Kier alpha value is -1.79. The largest absolute Gasteiger partial charge is 0.489 e. The lowest BCUT2D eigenvalue weighted by atomic mass is 10.2. The van der Waals surface area contributed by atoms with Crippen LogP contribution in [0.3, 0.4) is 0 Å². The van der Waals surface area contributed by atoms with Gasteiger partial charge in [0, 0.05) is 5.69 Å². The van der Waals surface area contributed by atoms with Crippen molar-refractivity contribution in [2.75, 3.05) is 11.9 Å². The molecule has 1 atom stereocenters. The summed E-state index contributed by atoms with van der Waals surface area (Å²) in [6.45, 7) is 5.55. The third-order valence-corrected chi connectivity index (χ3v) is 2.68. The molecule has 0 radical (unpaired) electrons. The van der Waals surface area contributed by atoms with Gasteiger partial charge in [-0.3, -0.25) is 4.79 Å². The highest BCUT2D eigenvalue weighted by Crippen LogP contribution is 2.28. The number of nitrogens with two attached hydrogens (primary N) is 1. The molecule has 0 aromatic heterocycles. The van der Waals surface area contributed by atoms with Crippen LogP contribution in [0.4, 0.5) is 5.69 Å². The van der Waals surface area contributed by atoms with E-state index in [-0.39, 0.29) is 12.7 Å². The Balaban J connectivity index is 2.73. The maximum atomic E-state index is 11.8. The minimum atomic E-state index is -1.38. The predicted molar refractivity (Wildman–Crippen MR) is 80.5 cm³/mol. The zero-order valence-electron chi connectivity index (χ0n) is 12.2. The van der Waals surface area contributed by atoms with Gasteiger partial charge in [-0.2, -0.15) is 0 Å². The number of carbonyl (C=O) groups is 2. The van der Waals surface area contributed by atoms with Crippen LogP contribution in [0.25, 0.3) is 0 Å². The summed E-state index contributed by atoms with van der Waals surface area (Å²) in [5, 5.41) is 2.85. The topological polar surface area (TPSA) is 90.7 Å². The number of benzene rings is 1. The summed E-state index contributed by atoms with van der Waals surface area (Å²) < 4.78 is 10.2. The Morgan fingerprint density at radius 1 is 1.38 bits per heavy atom. The lowest BCUT2D eigenvalue weighted by Gasteiger charge is -2.14. The van der Waals surface area contributed by atoms with E-state index in [9.17, 15) is 9.59 Å². The zero-order chi connectivity index (χ0) is 16.0. The fourth-order valence-corrected chi connectivity index (χ4v) is 1.71. The quantitative estimate of drug-likeness (QED) is 0.618. The van der Waals surface area contributed by atoms with Gasteiger partial charge < -0.3 is 20.5 Å². The number of anilines is 1. The Morgan fingerprint density at radius 2 is 2.05 bits per heavy atom. The third-order valence-electron chi connectivity index (χ3n) is 2.39. The molecule has 0 saturated heterocycles. The van der Waals surface area contributed by atoms with Gasteiger partial charge in [-0.25, -0.2) is 4.79 Å². The number of halogens is 1. The van der Waals surface area contributed by atoms with Crippen molar-refractivity contribution >= 4 is 29.2 Å². The molecular weight excluding hydrogens is 296 g/mol. The number of rotatable bonds is 6. The van der Waals surface area contributed by atoms with Gasteiger partial charge in [0.2, 0.25) is 0 Å².